The number of benzene rings is 3. The summed E-state index contributed by atoms with van der Waals surface area (Å²) in [5.41, 5.74) is 3.51. The molecule has 7 nitrogen and oxygen atoms in total. The summed E-state index contributed by atoms with van der Waals surface area (Å²) in [6.07, 6.45) is 0.471. The molecule has 1 heterocycles. The zero-order valence-electron chi connectivity index (χ0n) is 20.8. The van der Waals surface area contributed by atoms with E-state index in [1.165, 1.54) is 12.1 Å². The highest BCUT2D eigenvalue weighted by atomic mass is 19.1. The molecule has 190 valence electrons. The molecule has 2 N–H and O–H groups in total. The molecule has 3 aromatic carbocycles. The molecule has 0 aliphatic heterocycles. The number of nitrogens with one attached hydrogen (secondary N) is 2. The van der Waals surface area contributed by atoms with Crippen molar-refractivity contribution >= 4 is 11.8 Å². The van der Waals surface area contributed by atoms with Crippen molar-refractivity contribution < 1.29 is 18.7 Å². The van der Waals surface area contributed by atoms with Crippen molar-refractivity contribution in [2.75, 3.05) is 13.7 Å². The predicted octanol–water partition coefficient (Wildman–Crippen LogP) is 4.61. The third-order valence-electron chi connectivity index (χ3n) is 5.86. The normalized spacial score (nSPS) is 11.5. The van der Waals surface area contributed by atoms with Gasteiger partial charge in [0.2, 0.25) is 11.8 Å². The van der Waals surface area contributed by atoms with Gasteiger partial charge < -0.3 is 15.4 Å². The quantitative estimate of drug-likeness (QED) is 0.333. The van der Waals surface area contributed by atoms with E-state index in [1.54, 1.807) is 17.9 Å². The highest BCUT2D eigenvalue weighted by molar-refractivity contribution is 5.88. The van der Waals surface area contributed by atoms with Gasteiger partial charge in [-0.1, -0.05) is 42.5 Å². The van der Waals surface area contributed by atoms with Gasteiger partial charge >= 0.3 is 0 Å². The highest BCUT2D eigenvalue weighted by Gasteiger charge is 2.22. The SMILES string of the molecule is CCNC(=O)C(NC(=O)CCc1cc(-c2cccc(F)c2)n(-c2ccc(OC)cc2)n1)c1ccccc1. The number of halogens is 1. The minimum atomic E-state index is -0.784. The molecule has 8 heteroatoms. The summed E-state index contributed by atoms with van der Waals surface area (Å²) in [7, 11) is 1.60. The number of hydrogen-bond donors (Lipinski definition) is 2. The zero-order valence-corrected chi connectivity index (χ0v) is 20.8. The lowest BCUT2D eigenvalue weighted by Gasteiger charge is -2.18. The molecule has 1 atom stereocenters. The Morgan fingerprint density at radius 1 is 1.00 bits per heavy atom. The maximum absolute atomic E-state index is 14.0. The van der Waals surface area contributed by atoms with E-state index in [0.717, 1.165) is 5.69 Å². The van der Waals surface area contributed by atoms with Gasteiger partial charge in [0, 0.05) is 24.9 Å². The summed E-state index contributed by atoms with van der Waals surface area (Å²) < 4.78 is 21.0. The van der Waals surface area contributed by atoms with Crippen LogP contribution in [0.25, 0.3) is 16.9 Å². The molecule has 0 aliphatic rings. The molecule has 4 rings (SSSR count). The van der Waals surface area contributed by atoms with Gasteiger partial charge in [-0.3, -0.25) is 9.59 Å². The van der Waals surface area contributed by atoms with Gasteiger partial charge in [-0.25, -0.2) is 9.07 Å². The van der Waals surface area contributed by atoms with Crippen LogP contribution in [0.3, 0.4) is 0 Å². The van der Waals surface area contributed by atoms with E-state index >= 15 is 0 Å². The Kier molecular flexibility index (Phi) is 8.30. The minimum Gasteiger partial charge on any atom is -0.497 e. The molecule has 0 saturated carbocycles. The molecule has 0 bridgehead atoms. The van der Waals surface area contributed by atoms with Crippen LogP contribution in [0.5, 0.6) is 5.75 Å². The van der Waals surface area contributed by atoms with Gasteiger partial charge in [0.05, 0.1) is 24.2 Å². The fourth-order valence-corrected chi connectivity index (χ4v) is 4.02. The number of methoxy groups -OCH3 is 1. The van der Waals surface area contributed by atoms with Crippen LogP contribution in [0, 0.1) is 5.82 Å². The van der Waals surface area contributed by atoms with Crippen LogP contribution in [0.2, 0.25) is 0 Å². The van der Waals surface area contributed by atoms with Crippen molar-refractivity contribution in [2.24, 2.45) is 0 Å². The van der Waals surface area contributed by atoms with Crippen molar-refractivity contribution in [1.29, 1.82) is 0 Å². The molecule has 4 aromatic rings. The molecule has 0 saturated heterocycles. The smallest absolute Gasteiger partial charge is 0.247 e. The summed E-state index contributed by atoms with van der Waals surface area (Å²) in [5.74, 6) is -0.177. The first kappa shape index (κ1) is 25.6. The van der Waals surface area contributed by atoms with Crippen LogP contribution in [0.15, 0.2) is 84.9 Å². The number of rotatable bonds is 10. The number of nitrogens with zero attached hydrogens (tertiary/aromatic N) is 2. The first-order valence-electron chi connectivity index (χ1n) is 12.1. The van der Waals surface area contributed by atoms with Crippen LogP contribution in [-0.4, -0.2) is 35.2 Å². The zero-order chi connectivity index (χ0) is 26.2. The molecule has 0 radical (unpaired) electrons. The molecular weight excluding hydrogens is 471 g/mol. The predicted molar refractivity (Wildman–Crippen MR) is 140 cm³/mol. The van der Waals surface area contributed by atoms with Gasteiger partial charge in [-0.05, 0) is 55.0 Å². The van der Waals surface area contributed by atoms with E-state index in [9.17, 15) is 14.0 Å². The molecule has 0 spiro atoms. The maximum Gasteiger partial charge on any atom is 0.247 e. The molecule has 2 amide bonds. The largest absolute Gasteiger partial charge is 0.497 e. The second kappa shape index (κ2) is 12.0. The van der Waals surface area contributed by atoms with Gasteiger partial charge in [-0.2, -0.15) is 5.10 Å². The number of ether oxygens (including phenoxy) is 1. The number of carbonyl (C=O) groups is 2. The van der Waals surface area contributed by atoms with Crippen LogP contribution in [-0.2, 0) is 16.0 Å². The summed E-state index contributed by atoms with van der Waals surface area (Å²) >= 11 is 0. The van der Waals surface area contributed by atoms with Gasteiger partial charge in [0.15, 0.2) is 0 Å². The Morgan fingerprint density at radius 2 is 1.76 bits per heavy atom. The van der Waals surface area contributed by atoms with Crippen molar-refractivity contribution in [3.8, 4) is 22.7 Å². The highest BCUT2D eigenvalue weighted by Crippen LogP contribution is 2.26. The average Bonchev–Trinajstić information content (AvgIpc) is 3.35. The van der Waals surface area contributed by atoms with Crippen LogP contribution >= 0.6 is 0 Å². The lowest BCUT2D eigenvalue weighted by Crippen LogP contribution is -2.40. The minimum absolute atomic E-state index is 0.130. The second-order valence-electron chi connectivity index (χ2n) is 8.45. The molecule has 0 fully saturated rings. The van der Waals surface area contributed by atoms with E-state index in [2.05, 4.69) is 10.6 Å². The monoisotopic (exact) mass is 500 g/mol. The first-order valence-corrected chi connectivity index (χ1v) is 12.1. The lowest BCUT2D eigenvalue weighted by molar-refractivity contribution is -0.129. The van der Waals surface area contributed by atoms with Gasteiger partial charge in [-0.15, -0.1) is 0 Å². The number of carbonyl (C=O) groups excluding carboxylic acids is 2. The third-order valence-corrected chi connectivity index (χ3v) is 5.86. The number of aryl methyl sites for hydroxylation is 1. The van der Waals surface area contributed by atoms with E-state index < -0.39 is 6.04 Å². The van der Waals surface area contributed by atoms with Crippen LogP contribution in [0.1, 0.15) is 30.6 Å². The summed E-state index contributed by atoms with van der Waals surface area (Å²) in [6, 6.07) is 23.9. The van der Waals surface area contributed by atoms with Crippen molar-refractivity contribution in [3.05, 3.63) is 102 Å². The molecule has 0 aliphatic carbocycles. The first-order chi connectivity index (χ1) is 18.0. The molecule has 1 aromatic heterocycles. The number of amides is 2. The summed E-state index contributed by atoms with van der Waals surface area (Å²) in [6.45, 7) is 2.29. The van der Waals surface area contributed by atoms with Crippen LogP contribution in [0.4, 0.5) is 4.39 Å². The second-order valence-corrected chi connectivity index (χ2v) is 8.45. The standard InChI is InChI=1S/C29H29FN4O3/c1-3-31-29(36)28(20-8-5-4-6-9-20)32-27(35)17-12-23-19-26(21-10-7-11-22(30)18-21)34(33-23)24-13-15-25(37-2)16-14-24/h4-11,13-16,18-19,28H,3,12,17H2,1-2H3,(H,31,36)(H,32,35). The maximum atomic E-state index is 14.0. The fourth-order valence-electron chi connectivity index (χ4n) is 4.02. The fraction of sp³-hybridized carbons (Fsp3) is 0.207. The van der Waals surface area contributed by atoms with Gasteiger partial charge in [0.1, 0.15) is 17.6 Å². The topological polar surface area (TPSA) is 85.2 Å². The Bertz CT molecular complexity index is 1350. The number of likely N-dealkylation sites (N-methyl/N-ethyl adjacent to an activating group) is 1. The lowest BCUT2D eigenvalue weighted by atomic mass is 10.1. The van der Waals surface area contributed by atoms with E-state index in [-0.39, 0.29) is 24.1 Å². The van der Waals surface area contributed by atoms with E-state index in [0.29, 0.717) is 41.2 Å². The van der Waals surface area contributed by atoms with E-state index in [1.807, 2.05) is 73.7 Å². The Hall–Kier alpha value is -4.46. The van der Waals surface area contributed by atoms with Crippen molar-refractivity contribution in [3.63, 3.8) is 0 Å². The third kappa shape index (κ3) is 6.41. The number of aromatic nitrogens is 2. The molecular formula is C29H29FN4O3. The Labute approximate surface area is 215 Å². The van der Waals surface area contributed by atoms with Gasteiger partial charge in [0.25, 0.3) is 0 Å². The number of hydrogen-bond acceptors (Lipinski definition) is 4. The van der Waals surface area contributed by atoms with Crippen molar-refractivity contribution in [1.82, 2.24) is 20.4 Å². The Balaban J connectivity index is 1.55. The van der Waals surface area contributed by atoms with Crippen LogP contribution < -0.4 is 15.4 Å². The summed E-state index contributed by atoms with van der Waals surface area (Å²) in [4.78, 5) is 25.5. The molecule has 37 heavy (non-hydrogen) atoms. The Morgan fingerprint density at radius 3 is 2.43 bits per heavy atom. The summed E-state index contributed by atoms with van der Waals surface area (Å²) in [5, 5.41) is 10.3. The van der Waals surface area contributed by atoms with Crippen molar-refractivity contribution in [2.45, 2.75) is 25.8 Å². The van der Waals surface area contributed by atoms with E-state index in [4.69, 9.17) is 9.84 Å². The molecule has 1 unspecified atom stereocenters. The average molecular weight is 501 g/mol.